The van der Waals surface area contributed by atoms with Crippen LogP contribution in [0.4, 0.5) is 0 Å². The topological polar surface area (TPSA) is 83.5 Å². The van der Waals surface area contributed by atoms with Crippen LogP contribution in [-0.2, 0) is 20.7 Å². The largest absolute Gasteiger partial charge is 0.481 e. The predicted octanol–water partition coefficient (Wildman–Crippen LogP) is 2.59. The summed E-state index contributed by atoms with van der Waals surface area (Å²) in [5.74, 6) is -0.797. The summed E-state index contributed by atoms with van der Waals surface area (Å²) in [6.45, 7) is 3.84. The standard InChI is InChI=1S/C18H24NO4P/c1-24(2,23)14-5-3-4-13(10-14)11-19-15(20)17-6-8-18(12-17,9-7-17)16(21)22/h3-5,10H,6-9,11-12H2,1-2H3,(H,19,20)(H,21,22). The van der Waals surface area contributed by atoms with Gasteiger partial charge in [-0.1, -0.05) is 18.2 Å². The van der Waals surface area contributed by atoms with Gasteiger partial charge in [-0.25, -0.2) is 0 Å². The molecule has 2 fully saturated rings. The lowest BCUT2D eigenvalue weighted by molar-refractivity contribution is -0.148. The summed E-state index contributed by atoms with van der Waals surface area (Å²) in [5, 5.41) is 13.2. The van der Waals surface area contributed by atoms with Gasteiger partial charge < -0.3 is 15.0 Å². The molecule has 1 aromatic rings. The molecule has 0 radical (unpaired) electrons. The molecule has 0 spiro atoms. The van der Waals surface area contributed by atoms with Crippen LogP contribution in [0.5, 0.6) is 0 Å². The molecular formula is C18H24NO4P. The van der Waals surface area contributed by atoms with Crippen molar-refractivity contribution in [2.75, 3.05) is 13.3 Å². The van der Waals surface area contributed by atoms with Gasteiger partial charge in [-0.15, -0.1) is 0 Å². The third kappa shape index (κ3) is 2.90. The molecule has 2 saturated carbocycles. The fraction of sp³-hybridized carbons (Fsp3) is 0.556. The molecule has 0 heterocycles. The van der Waals surface area contributed by atoms with Gasteiger partial charge in [-0.2, -0.15) is 0 Å². The van der Waals surface area contributed by atoms with Crippen molar-refractivity contribution in [3.8, 4) is 0 Å². The summed E-state index contributed by atoms with van der Waals surface area (Å²) in [6.07, 6.45) is 2.97. The number of nitrogens with one attached hydrogen (secondary N) is 1. The van der Waals surface area contributed by atoms with Gasteiger partial charge in [-0.3, -0.25) is 9.59 Å². The zero-order chi connectivity index (χ0) is 17.6. The zero-order valence-corrected chi connectivity index (χ0v) is 15.1. The van der Waals surface area contributed by atoms with E-state index < -0.39 is 23.9 Å². The first kappa shape index (κ1) is 17.2. The molecule has 24 heavy (non-hydrogen) atoms. The Balaban J connectivity index is 1.67. The first-order valence-electron chi connectivity index (χ1n) is 8.33. The highest BCUT2D eigenvalue weighted by Crippen LogP contribution is 2.61. The quantitative estimate of drug-likeness (QED) is 0.801. The minimum absolute atomic E-state index is 0.0373. The highest BCUT2D eigenvalue weighted by molar-refractivity contribution is 7.70. The molecule has 2 aliphatic rings. The monoisotopic (exact) mass is 349 g/mol. The Morgan fingerprint density at radius 3 is 2.33 bits per heavy atom. The summed E-state index contributed by atoms with van der Waals surface area (Å²) in [7, 11) is -2.32. The number of benzene rings is 1. The lowest BCUT2D eigenvalue weighted by Crippen LogP contribution is -2.37. The summed E-state index contributed by atoms with van der Waals surface area (Å²) in [5.41, 5.74) is -0.281. The smallest absolute Gasteiger partial charge is 0.309 e. The van der Waals surface area contributed by atoms with Crippen LogP contribution in [0.3, 0.4) is 0 Å². The van der Waals surface area contributed by atoms with Crippen LogP contribution in [-0.4, -0.2) is 30.3 Å². The average molecular weight is 349 g/mol. The normalized spacial score (nSPS) is 28.8. The number of carboxylic acids is 1. The Bertz CT molecular complexity index is 728. The third-order valence-corrected chi connectivity index (χ3v) is 7.28. The van der Waals surface area contributed by atoms with Crippen molar-refractivity contribution in [2.24, 2.45) is 10.8 Å². The summed E-state index contributed by atoms with van der Waals surface area (Å²) in [4.78, 5) is 24.2. The number of fused-ring (bicyclic) bond motifs is 2. The maximum absolute atomic E-state index is 12.7. The van der Waals surface area contributed by atoms with Gasteiger partial charge in [0.15, 0.2) is 0 Å². The number of carbonyl (C=O) groups excluding carboxylic acids is 1. The molecule has 5 nitrogen and oxygen atoms in total. The number of carbonyl (C=O) groups is 2. The molecule has 0 aliphatic heterocycles. The molecule has 2 aliphatic carbocycles. The molecule has 0 unspecified atom stereocenters. The molecule has 2 bridgehead atoms. The van der Waals surface area contributed by atoms with Gasteiger partial charge in [-0.05, 0) is 57.1 Å². The second kappa shape index (κ2) is 5.73. The maximum atomic E-state index is 12.7. The Hall–Kier alpha value is -1.61. The van der Waals surface area contributed by atoms with E-state index in [4.69, 9.17) is 0 Å². The van der Waals surface area contributed by atoms with Crippen molar-refractivity contribution in [3.63, 3.8) is 0 Å². The van der Waals surface area contributed by atoms with Gasteiger partial charge >= 0.3 is 5.97 Å². The molecule has 6 heteroatoms. The number of rotatable bonds is 5. The van der Waals surface area contributed by atoms with E-state index in [9.17, 15) is 19.3 Å². The molecule has 0 atom stereocenters. The van der Waals surface area contributed by atoms with Crippen molar-refractivity contribution >= 4 is 24.3 Å². The van der Waals surface area contributed by atoms with Crippen LogP contribution >= 0.6 is 7.14 Å². The Morgan fingerprint density at radius 2 is 1.79 bits per heavy atom. The van der Waals surface area contributed by atoms with Gasteiger partial charge in [0.2, 0.25) is 5.91 Å². The van der Waals surface area contributed by atoms with Crippen LogP contribution in [0.15, 0.2) is 24.3 Å². The van der Waals surface area contributed by atoms with E-state index in [0.29, 0.717) is 38.6 Å². The number of hydrogen-bond donors (Lipinski definition) is 2. The SMILES string of the molecule is CP(C)(=O)c1cccc(CNC(=O)C23CCC(C(=O)O)(CC2)C3)c1. The number of carboxylic acid groups (broad SMARTS) is 1. The van der Waals surface area contributed by atoms with Crippen LogP contribution in [0.2, 0.25) is 0 Å². The van der Waals surface area contributed by atoms with Crippen molar-refractivity contribution in [1.29, 1.82) is 0 Å². The third-order valence-electron chi connectivity index (χ3n) is 5.76. The van der Waals surface area contributed by atoms with Crippen molar-refractivity contribution in [2.45, 2.75) is 38.6 Å². The first-order chi connectivity index (χ1) is 11.2. The van der Waals surface area contributed by atoms with E-state index in [1.165, 1.54) is 0 Å². The van der Waals surface area contributed by atoms with Gasteiger partial charge in [0, 0.05) is 11.8 Å². The van der Waals surface area contributed by atoms with Crippen LogP contribution in [0.1, 0.15) is 37.7 Å². The van der Waals surface area contributed by atoms with Crippen molar-refractivity contribution < 1.29 is 19.3 Å². The van der Waals surface area contributed by atoms with Crippen LogP contribution in [0, 0.1) is 10.8 Å². The van der Waals surface area contributed by atoms with Crippen LogP contribution < -0.4 is 10.6 Å². The summed E-state index contributed by atoms with van der Waals surface area (Å²) < 4.78 is 12.2. The maximum Gasteiger partial charge on any atom is 0.309 e. The van der Waals surface area contributed by atoms with Gasteiger partial charge in [0.05, 0.1) is 10.8 Å². The van der Waals surface area contributed by atoms with E-state index in [-0.39, 0.29) is 5.91 Å². The second-order valence-corrected chi connectivity index (χ2v) is 11.0. The Labute approximate surface area is 142 Å². The fourth-order valence-electron chi connectivity index (χ4n) is 4.18. The van der Waals surface area contributed by atoms with Crippen molar-refractivity contribution in [1.82, 2.24) is 5.32 Å². The second-order valence-electron chi connectivity index (χ2n) is 7.75. The molecule has 0 aromatic heterocycles. The minimum atomic E-state index is -2.32. The lowest BCUT2D eigenvalue weighted by atomic mass is 9.81. The fourth-order valence-corrected chi connectivity index (χ4v) is 5.10. The Kier molecular flexibility index (Phi) is 4.11. The molecule has 130 valence electrons. The summed E-state index contributed by atoms with van der Waals surface area (Å²) >= 11 is 0. The van der Waals surface area contributed by atoms with E-state index in [1.807, 2.05) is 24.3 Å². The van der Waals surface area contributed by atoms with Gasteiger partial charge in [0.1, 0.15) is 7.14 Å². The number of hydrogen-bond acceptors (Lipinski definition) is 3. The van der Waals surface area contributed by atoms with E-state index in [0.717, 1.165) is 10.9 Å². The molecule has 3 rings (SSSR count). The molecule has 1 amide bonds. The summed E-state index contributed by atoms with van der Waals surface area (Å²) in [6, 6.07) is 7.49. The molecule has 1 aromatic carbocycles. The minimum Gasteiger partial charge on any atom is -0.481 e. The lowest BCUT2D eigenvalue weighted by Gasteiger charge is -2.25. The highest BCUT2D eigenvalue weighted by Gasteiger charge is 2.61. The molecule has 0 saturated heterocycles. The van der Waals surface area contributed by atoms with E-state index >= 15 is 0 Å². The van der Waals surface area contributed by atoms with Crippen LogP contribution in [0.25, 0.3) is 0 Å². The number of amides is 1. The zero-order valence-electron chi connectivity index (χ0n) is 14.2. The molecular weight excluding hydrogens is 325 g/mol. The Morgan fingerprint density at radius 1 is 1.17 bits per heavy atom. The molecule has 2 N–H and O–H groups in total. The highest BCUT2D eigenvalue weighted by atomic mass is 31.2. The first-order valence-corrected chi connectivity index (χ1v) is 10.9. The van der Waals surface area contributed by atoms with E-state index in [1.54, 1.807) is 13.3 Å². The van der Waals surface area contributed by atoms with Gasteiger partial charge in [0.25, 0.3) is 0 Å². The van der Waals surface area contributed by atoms with E-state index in [2.05, 4.69) is 5.32 Å². The number of aliphatic carboxylic acids is 1. The van der Waals surface area contributed by atoms with Crippen molar-refractivity contribution in [3.05, 3.63) is 29.8 Å². The predicted molar refractivity (Wildman–Crippen MR) is 93.0 cm³/mol. The average Bonchev–Trinajstić information content (AvgIpc) is 3.11.